The molecule has 1 heterocycles. The number of nitrogens with zero attached hydrogens (tertiary/aromatic N) is 1. The van der Waals surface area contributed by atoms with Gasteiger partial charge in [-0.2, -0.15) is 0 Å². The predicted molar refractivity (Wildman–Crippen MR) is 74.7 cm³/mol. The monoisotopic (exact) mass is 264 g/mol. The number of anilines is 1. The van der Waals surface area contributed by atoms with Crippen LogP contribution in [0.25, 0.3) is 0 Å². The number of aryl methyl sites for hydroxylation is 1. The highest BCUT2D eigenvalue weighted by atomic mass is 19.1. The molecule has 1 aromatic rings. The Bertz CT molecular complexity index is 465. The lowest BCUT2D eigenvalue weighted by Crippen LogP contribution is -2.44. The van der Waals surface area contributed by atoms with E-state index in [0.717, 1.165) is 19.5 Å². The number of hydrogen-bond donors (Lipinski definition) is 1. The van der Waals surface area contributed by atoms with Crippen molar-refractivity contribution in [1.29, 1.82) is 0 Å². The predicted octanol–water partition coefficient (Wildman–Crippen LogP) is 3.64. The number of amides is 2. The van der Waals surface area contributed by atoms with E-state index in [4.69, 9.17) is 0 Å². The number of urea groups is 1. The Hall–Kier alpha value is -1.58. The average molecular weight is 264 g/mol. The molecule has 3 nitrogen and oxygen atoms in total. The Morgan fingerprint density at radius 2 is 1.95 bits per heavy atom. The van der Waals surface area contributed by atoms with Crippen molar-refractivity contribution >= 4 is 11.7 Å². The second kappa shape index (κ2) is 5.59. The summed E-state index contributed by atoms with van der Waals surface area (Å²) in [6, 6.07) is 4.63. The molecule has 2 rings (SSSR count). The highest BCUT2D eigenvalue weighted by molar-refractivity contribution is 5.89. The zero-order chi connectivity index (χ0) is 14.0. The Labute approximate surface area is 113 Å². The van der Waals surface area contributed by atoms with Crippen molar-refractivity contribution in [3.8, 4) is 0 Å². The van der Waals surface area contributed by atoms with E-state index in [9.17, 15) is 9.18 Å². The quantitative estimate of drug-likeness (QED) is 0.825. The molecule has 0 aliphatic carbocycles. The van der Waals surface area contributed by atoms with E-state index >= 15 is 0 Å². The molecule has 2 amide bonds. The number of nitrogens with one attached hydrogen (secondary N) is 1. The highest BCUT2D eigenvalue weighted by Gasteiger charge is 2.25. The van der Waals surface area contributed by atoms with Gasteiger partial charge in [-0.15, -0.1) is 0 Å². The van der Waals surface area contributed by atoms with Crippen LogP contribution < -0.4 is 5.32 Å². The third-order valence-electron chi connectivity index (χ3n) is 3.58. The van der Waals surface area contributed by atoms with Gasteiger partial charge in [-0.05, 0) is 42.9 Å². The van der Waals surface area contributed by atoms with Gasteiger partial charge in [0.15, 0.2) is 0 Å². The summed E-state index contributed by atoms with van der Waals surface area (Å²) in [4.78, 5) is 14.0. The zero-order valence-corrected chi connectivity index (χ0v) is 11.7. The summed E-state index contributed by atoms with van der Waals surface area (Å²) in [5.41, 5.74) is 1.09. The molecule has 1 aliphatic rings. The number of halogens is 1. The van der Waals surface area contributed by atoms with E-state index in [1.54, 1.807) is 19.1 Å². The first-order valence-corrected chi connectivity index (χ1v) is 6.77. The summed E-state index contributed by atoms with van der Waals surface area (Å²) < 4.78 is 13.4. The van der Waals surface area contributed by atoms with Crippen molar-refractivity contribution in [2.45, 2.75) is 27.2 Å². The Balaban J connectivity index is 2.02. The van der Waals surface area contributed by atoms with Gasteiger partial charge in [-0.1, -0.05) is 19.9 Å². The summed E-state index contributed by atoms with van der Waals surface area (Å²) >= 11 is 0. The number of likely N-dealkylation sites (tertiary alicyclic amines) is 1. The van der Waals surface area contributed by atoms with Crippen molar-refractivity contribution in [3.05, 3.63) is 29.6 Å². The normalized spacial score (nSPS) is 23.3. The molecule has 1 saturated heterocycles. The van der Waals surface area contributed by atoms with Gasteiger partial charge in [0.25, 0.3) is 0 Å². The minimum absolute atomic E-state index is 0.137. The Morgan fingerprint density at radius 3 is 2.53 bits per heavy atom. The smallest absolute Gasteiger partial charge is 0.321 e. The van der Waals surface area contributed by atoms with Gasteiger partial charge in [-0.3, -0.25) is 0 Å². The second-order valence-corrected chi connectivity index (χ2v) is 5.75. The largest absolute Gasteiger partial charge is 0.324 e. The van der Waals surface area contributed by atoms with Crippen molar-refractivity contribution in [3.63, 3.8) is 0 Å². The van der Waals surface area contributed by atoms with E-state index in [1.165, 1.54) is 6.07 Å². The first-order valence-electron chi connectivity index (χ1n) is 6.77. The van der Waals surface area contributed by atoms with E-state index in [2.05, 4.69) is 19.2 Å². The van der Waals surface area contributed by atoms with Crippen LogP contribution in [0, 0.1) is 24.6 Å². The van der Waals surface area contributed by atoms with Crippen LogP contribution in [0.5, 0.6) is 0 Å². The van der Waals surface area contributed by atoms with Gasteiger partial charge in [0, 0.05) is 18.8 Å². The Kier molecular flexibility index (Phi) is 4.08. The maximum absolute atomic E-state index is 13.4. The maximum atomic E-state index is 13.4. The molecular weight excluding hydrogens is 243 g/mol. The molecule has 19 heavy (non-hydrogen) atoms. The lowest BCUT2D eigenvalue weighted by atomic mass is 9.92. The number of carbonyl (C=O) groups excluding carboxylic acids is 1. The van der Waals surface area contributed by atoms with Gasteiger partial charge in [0.1, 0.15) is 5.82 Å². The van der Waals surface area contributed by atoms with Gasteiger partial charge in [-0.25, -0.2) is 9.18 Å². The first-order chi connectivity index (χ1) is 8.95. The van der Waals surface area contributed by atoms with Crippen LogP contribution in [0.1, 0.15) is 25.8 Å². The Morgan fingerprint density at radius 1 is 1.32 bits per heavy atom. The fourth-order valence-electron chi connectivity index (χ4n) is 2.70. The molecular formula is C15H21FN2O. The molecule has 0 bridgehead atoms. The average Bonchev–Trinajstić information content (AvgIpc) is 2.32. The molecule has 0 saturated carbocycles. The standard InChI is InChI=1S/C15H21FN2O/c1-10-6-11(2)9-18(8-10)15(19)17-13-5-4-12(3)14(16)7-13/h4-5,7,10-11H,6,8-9H2,1-3H3,(H,17,19)/t10-,11+. The number of piperidine rings is 1. The molecule has 1 N–H and O–H groups in total. The molecule has 4 heteroatoms. The highest BCUT2D eigenvalue weighted by Crippen LogP contribution is 2.22. The van der Waals surface area contributed by atoms with E-state index in [-0.39, 0.29) is 11.8 Å². The summed E-state index contributed by atoms with van der Waals surface area (Å²) in [6.07, 6.45) is 1.16. The summed E-state index contributed by atoms with van der Waals surface area (Å²) in [6.45, 7) is 7.55. The molecule has 1 fully saturated rings. The van der Waals surface area contributed by atoms with Gasteiger partial charge < -0.3 is 10.2 Å². The lowest BCUT2D eigenvalue weighted by Gasteiger charge is -2.34. The SMILES string of the molecule is Cc1ccc(NC(=O)N2C[C@H](C)C[C@H](C)C2)cc1F. The maximum Gasteiger partial charge on any atom is 0.321 e. The number of rotatable bonds is 1. The van der Waals surface area contributed by atoms with Crippen molar-refractivity contribution in [2.75, 3.05) is 18.4 Å². The lowest BCUT2D eigenvalue weighted by molar-refractivity contribution is 0.156. The minimum Gasteiger partial charge on any atom is -0.324 e. The zero-order valence-electron chi connectivity index (χ0n) is 11.7. The second-order valence-electron chi connectivity index (χ2n) is 5.75. The third kappa shape index (κ3) is 3.46. The summed E-state index contributed by atoms with van der Waals surface area (Å²) in [5, 5.41) is 2.77. The topological polar surface area (TPSA) is 32.3 Å². The fraction of sp³-hybridized carbons (Fsp3) is 0.533. The molecule has 1 aromatic carbocycles. The van der Waals surface area contributed by atoms with Gasteiger partial charge >= 0.3 is 6.03 Å². The number of benzene rings is 1. The molecule has 2 atom stereocenters. The number of carbonyl (C=O) groups is 1. The number of hydrogen-bond acceptors (Lipinski definition) is 1. The fourth-order valence-corrected chi connectivity index (χ4v) is 2.70. The van der Waals surface area contributed by atoms with Crippen LogP contribution in [0.2, 0.25) is 0 Å². The van der Waals surface area contributed by atoms with E-state index in [0.29, 0.717) is 23.1 Å². The van der Waals surface area contributed by atoms with Crippen LogP contribution in [0.3, 0.4) is 0 Å². The summed E-state index contributed by atoms with van der Waals surface area (Å²) in [5.74, 6) is 0.742. The molecule has 1 aliphatic heterocycles. The van der Waals surface area contributed by atoms with Crippen molar-refractivity contribution in [2.24, 2.45) is 11.8 Å². The third-order valence-corrected chi connectivity index (χ3v) is 3.58. The van der Waals surface area contributed by atoms with E-state index < -0.39 is 0 Å². The minimum atomic E-state index is -0.293. The molecule has 0 unspecified atom stereocenters. The molecule has 0 spiro atoms. The van der Waals surface area contributed by atoms with Crippen molar-refractivity contribution in [1.82, 2.24) is 4.90 Å². The van der Waals surface area contributed by atoms with Gasteiger partial charge in [0.2, 0.25) is 0 Å². The van der Waals surface area contributed by atoms with Crippen LogP contribution in [-0.2, 0) is 0 Å². The molecule has 0 radical (unpaired) electrons. The van der Waals surface area contributed by atoms with E-state index in [1.807, 2.05) is 4.90 Å². The van der Waals surface area contributed by atoms with Crippen LogP contribution in [0.15, 0.2) is 18.2 Å². The van der Waals surface area contributed by atoms with Crippen LogP contribution in [0.4, 0.5) is 14.9 Å². The first kappa shape index (κ1) is 13.8. The van der Waals surface area contributed by atoms with Gasteiger partial charge in [0.05, 0.1) is 0 Å². The summed E-state index contributed by atoms with van der Waals surface area (Å²) in [7, 11) is 0. The molecule has 104 valence electrons. The van der Waals surface area contributed by atoms with Crippen LogP contribution in [-0.4, -0.2) is 24.0 Å². The molecule has 0 aromatic heterocycles. The van der Waals surface area contributed by atoms with Crippen LogP contribution >= 0.6 is 0 Å². The van der Waals surface area contributed by atoms with Crippen molar-refractivity contribution < 1.29 is 9.18 Å².